The summed E-state index contributed by atoms with van der Waals surface area (Å²) >= 11 is 1.56. The minimum Gasteiger partial charge on any atom is -0.496 e. The van der Waals surface area contributed by atoms with Gasteiger partial charge in [-0.05, 0) is 36.6 Å². The third-order valence-electron chi connectivity index (χ3n) is 3.01. The van der Waals surface area contributed by atoms with Gasteiger partial charge in [0.05, 0.1) is 24.4 Å². The topological polar surface area (TPSA) is 60.2 Å². The molecule has 0 aliphatic rings. The lowest BCUT2D eigenvalue weighted by molar-refractivity contribution is 0.411. The number of aryl methyl sites for hydroxylation is 2. The number of rotatable bonds is 4. The molecule has 1 unspecified atom stereocenters. The minimum atomic E-state index is -0.0825. The molecule has 5 heteroatoms. The van der Waals surface area contributed by atoms with Gasteiger partial charge in [-0.1, -0.05) is 6.07 Å². The Morgan fingerprint density at radius 2 is 2.11 bits per heavy atom. The molecule has 2 rings (SSSR count). The summed E-state index contributed by atoms with van der Waals surface area (Å²) in [7, 11) is 1.68. The van der Waals surface area contributed by atoms with E-state index < -0.39 is 0 Å². The van der Waals surface area contributed by atoms with Gasteiger partial charge in [0.2, 0.25) is 0 Å². The average Bonchev–Trinajstić information content (AvgIpc) is 2.87. The molecule has 0 saturated carbocycles. The summed E-state index contributed by atoms with van der Waals surface area (Å²) in [6.07, 6.45) is 0. The number of hydrogen-bond donors (Lipinski definition) is 2. The molecule has 0 bridgehead atoms. The van der Waals surface area contributed by atoms with Crippen LogP contribution in [0.25, 0.3) is 0 Å². The van der Waals surface area contributed by atoms with Crippen LogP contribution in [0, 0.1) is 13.8 Å². The Morgan fingerprint density at radius 1 is 1.33 bits per heavy atom. The second-order valence-corrected chi connectivity index (χ2v) is 4.91. The lowest BCUT2D eigenvalue weighted by Gasteiger charge is -2.18. The fourth-order valence-corrected chi connectivity index (χ4v) is 2.62. The van der Waals surface area contributed by atoms with Crippen molar-refractivity contribution in [3.05, 3.63) is 45.4 Å². The van der Waals surface area contributed by atoms with Gasteiger partial charge >= 0.3 is 0 Å². The first-order valence-corrected chi connectivity index (χ1v) is 6.61. The molecule has 0 aliphatic carbocycles. The lowest BCUT2D eigenvalue weighted by atomic mass is 9.97. The molecular weight excluding hydrogens is 246 g/mol. The maximum atomic E-state index is 5.67. The molecule has 0 amide bonds. The lowest BCUT2D eigenvalue weighted by Crippen LogP contribution is -2.29. The van der Waals surface area contributed by atoms with Crippen molar-refractivity contribution in [2.75, 3.05) is 7.11 Å². The highest BCUT2D eigenvalue weighted by molar-refractivity contribution is 7.07. The highest BCUT2D eigenvalue weighted by Crippen LogP contribution is 2.29. The largest absolute Gasteiger partial charge is 0.496 e. The first-order chi connectivity index (χ1) is 8.67. The number of hydrazine groups is 1. The Kier molecular flexibility index (Phi) is 3.96. The molecule has 18 heavy (non-hydrogen) atoms. The van der Waals surface area contributed by atoms with Gasteiger partial charge in [-0.2, -0.15) is 0 Å². The predicted molar refractivity (Wildman–Crippen MR) is 73.7 cm³/mol. The molecule has 96 valence electrons. The number of nitrogens with two attached hydrogens (primary N) is 1. The van der Waals surface area contributed by atoms with Crippen LogP contribution in [0.3, 0.4) is 0 Å². The number of nitrogens with zero attached hydrogens (tertiary/aromatic N) is 1. The molecule has 2 aromatic rings. The Morgan fingerprint density at radius 3 is 2.67 bits per heavy atom. The van der Waals surface area contributed by atoms with E-state index in [9.17, 15) is 0 Å². The van der Waals surface area contributed by atoms with Gasteiger partial charge < -0.3 is 4.74 Å². The number of methoxy groups -OCH3 is 1. The molecule has 1 heterocycles. The van der Waals surface area contributed by atoms with Crippen LogP contribution < -0.4 is 16.0 Å². The molecule has 1 aromatic carbocycles. The fraction of sp³-hybridized carbons (Fsp3) is 0.308. The van der Waals surface area contributed by atoms with Gasteiger partial charge in [0.25, 0.3) is 0 Å². The maximum absolute atomic E-state index is 5.67. The van der Waals surface area contributed by atoms with E-state index in [4.69, 9.17) is 10.6 Å². The van der Waals surface area contributed by atoms with E-state index in [1.165, 1.54) is 0 Å². The van der Waals surface area contributed by atoms with Crippen molar-refractivity contribution in [3.63, 3.8) is 0 Å². The van der Waals surface area contributed by atoms with Crippen molar-refractivity contribution in [2.24, 2.45) is 5.84 Å². The quantitative estimate of drug-likeness (QED) is 0.656. The number of nitrogens with one attached hydrogen (secondary N) is 1. The molecule has 0 aliphatic heterocycles. The Bertz CT molecular complexity index is 525. The average molecular weight is 263 g/mol. The van der Waals surface area contributed by atoms with Gasteiger partial charge in [0, 0.05) is 5.38 Å². The van der Waals surface area contributed by atoms with Crippen LogP contribution in [-0.4, -0.2) is 12.1 Å². The number of thiazole rings is 1. The van der Waals surface area contributed by atoms with Crippen molar-refractivity contribution >= 4 is 11.3 Å². The molecule has 4 nitrogen and oxygen atoms in total. The number of benzene rings is 1. The van der Waals surface area contributed by atoms with Crippen molar-refractivity contribution in [1.82, 2.24) is 10.4 Å². The molecular formula is C13H17N3OS. The predicted octanol–water partition coefficient (Wildman–Crippen LogP) is 2.32. The smallest absolute Gasteiger partial charge is 0.122 e. The highest BCUT2D eigenvalue weighted by Gasteiger charge is 2.18. The summed E-state index contributed by atoms with van der Waals surface area (Å²) in [5.74, 6) is 6.56. The standard InChI is InChI=1S/C13H17N3OS/c1-8-5-12(17-3)9(2)4-10(8)13(16-14)11-6-18-7-15-11/h4-7,13,16H,14H2,1-3H3. The van der Waals surface area contributed by atoms with Crippen LogP contribution in [0.15, 0.2) is 23.0 Å². The number of aromatic nitrogens is 1. The van der Waals surface area contributed by atoms with E-state index in [0.29, 0.717) is 0 Å². The minimum absolute atomic E-state index is 0.0825. The molecule has 1 aromatic heterocycles. The summed E-state index contributed by atoms with van der Waals surface area (Å²) in [5.41, 5.74) is 8.93. The van der Waals surface area contributed by atoms with Gasteiger partial charge in [-0.25, -0.2) is 10.4 Å². The first-order valence-electron chi connectivity index (χ1n) is 5.66. The van der Waals surface area contributed by atoms with E-state index in [1.807, 2.05) is 30.8 Å². The first kappa shape index (κ1) is 13.0. The van der Waals surface area contributed by atoms with Gasteiger partial charge in [0.1, 0.15) is 5.75 Å². The van der Waals surface area contributed by atoms with E-state index in [1.54, 1.807) is 18.4 Å². The van der Waals surface area contributed by atoms with Crippen molar-refractivity contribution in [3.8, 4) is 5.75 Å². The van der Waals surface area contributed by atoms with Crippen LogP contribution in [0.2, 0.25) is 0 Å². The van der Waals surface area contributed by atoms with Crippen LogP contribution in [0.1, 0.15) is 28.4 Å². The molecule has 1 atom stereocenters. The summed E-state index contributed by atoms with van der Waals surface area (Å²) in [5, 5.41) is 2.00. The van der Waals surface area contributed by atoms with Crippen LogP contribution >= 0.6 is 11.3 Å². The summed E-state index contributed by atoms with van der Waals surface area (Å²) in [6, 6.07) is 4.04. The van der Waals surface area contributed by atoms with Gasteiger partial charge in [-0.3, -0.25) is 5.84 Å². The second-order valence-electron chi connectivity index (χ2n) is 4.19. The van der Waals surface area contributed by atoms with Crippen LogP contribution in [0.4, 0.5) is 0 Å². The van der Waals surface area contributed by atoms with Gasteiger partial charge in [-0.15, -0.1) is 11.3 Å². The van der Waals surface area contributed by atoms with E-state index >= 15 is 0 Å². The monoisotopic (exact) mass is 263 g/mol. The van der Waals surface area contributed by atoms with E-state index in [0.717, 1.165) is 28.1 Å². The Hall–Kier alpha value is -1.43. The van der Waals surface area contributed by atoms with E-state index in [-0.39, 0.29) is 6.04 Å². The highest BCUT2D eigenvalue weighted by atomic mass is 32.1. The molecule has 3 N–H and O–H groups in total. The number of hydrogen-bond acceptors (Lipinski definition) is 5. The SMILES string of the molecule is COc1cc(C)c(C(NN)c2cscn2)cc1C. The van der Waals surface area contributed by atoms with Crippen molar-refractivity contribution < 1.29 is 4.74 Å². The van der Waals surface area contributed by atoms with Crippen molar-refractivity contribution in [1.29, 1.82) is 0 Å². The molecule has 0 saturated heterocycles. The zero-order valence-corrected chi connectivity index (χ0v) is 11.5. The molecule has 0 spiro atoms. The Balaban J connectivity index is 2.46. The van der Waals surface area contributed by atoms with E-state index in [2.05, 4.69) is 16.5 Å². The maximum Gasteiger partial charge on any atom is 0.122 e. The zero-order valence-electron chi connectivity index (χ0n) is 10.7. The summed E-state index contributed by atoms with van der Waals surface area (Å²) in [6.45, 7) is 4.07. The summed E-state index contributed by atoms with van der Waals surface area (Å²) in [4.78, 5) is 4.32. The summed E-state index contributed by atoms with van der Waals surface area (Å²) < 4.78 is 5.32. The number of ether oxygens (including phenoxy) is 1. The van der Waals surface area contributed by atoms with Crippen LogP contribution in [0.5, 0.6) is 5.75 Å². The van der Waals surface area contributed by atoms with Crippen LogP contribution in [-0.2, 0) is 0 Å². The molecule has 0 radical (unpaired) electrons. The third kappa shape index (κ3) is 2.38. The Labute approximate surface area is 111 Å². The van der Waals surface area contributed by atoms with Crippen molar-refractivity contribution in [2.45, 2.75) is 19.9 Å². The second kappa shape index (κ2) is 5.48. The third-order valence-corrected chi connectivity index (χ3v) is 3.61. The van der Waals surface area contributed by atoms with Gasteiger partial charge in [0.15, 0.2) is 0 Å². The normalized spacial score (nSPS) is 12.4. The zero-order chi connectivity index (χ0) is 13.1. The fourth-order valence-electron chi connectivity index (χ4n) is 2.04. The molecule has 0 fully saturated rings.